The zero-order valence-corrected chi connectivity index (χ0v) is 15.4. The quantitative estimate of drug-likeness (QED) is 0.620. The van der Waals surface area contributed by atoms with Crippen molar-refractivity contribution in [3.05, 3.63) is 65.9 Å². The largest absolute Gasteiger partial charge is 0.488 e. The summed E-state index contributed by atoms with van der Waals surface area (Å²) in [6.45, 7) is 1.22. The fraction of sp³-hybridized carbons (Fsp3) is 0.273. The van der Waals surface area contributed by atoms with E-state index in [9.17, 15) is 9.59 Å². The molecule has 1 saturated heterocycles. The number of carbonyl (C=O) groups excluding carboxylic acids is 2. The Morgan fingerprint density at radius 1 is 1.11 bits per heavy atom. The summed E-state index contributed by atoms with van der Waals surface area (Å²) in [5.74, 6) is 0.0900. The van der Waals surface area contributed by atoms with Crippen molar-refractivity contribution in [3.63, 3.8) is 0 Å². The van der Waals surface area contributed by atoms with Gasteiger partial charge in [0, 0.05) is 23.6 Å². The molecule has 6 heteroatoms. The number of benzene rings is 2. The fourth-order valence-corrected chi connectivity index (χ4v) is 3.42. The van der Waals surface area contributed by atoms with Gasteiger partial charge in [-0.1, -0.05) is 36.4 Å². The van der Waals surface area contributed by atoms with Crippen molar-refractivity contribution in [2.75, 3.05) is 13.2 Å². The van der Waals surface area contributed by atoms with Crippen LogP contribution in [0.5, 0.6) is 5.75 Å². The summed E-state index contributed by atoms with van der Waals surface area (Å²) in [7, 11) is 0. The molecule has 1 aliphatic rings. The maximum Gasteiger partial charge on any atom is 0.310 e. The number of rotatable bonds is 7. The molecule has 1 aliphatic heterocycles. The van der Waals surface area contributed by atoms with Gasteiger partial charge in [-0.15, -0.1) is 0 Å². The Labute approximate surface area is 162 Å². The van der Waals surface area contributed by atoms with Crippen molar-refractivity contribution in [1.29, 1.82) is 0 Å². The van der Waals surface area contributed by atoms with E-state index in [1.807, 2.05) is 54.7 Å². The van der Waals surface area contributed by atoms with Gasteiger partial charge >= 0.3 is 5.97 Å². The topological polar surface area (TPSA) is 80.4 Å². The first kappa shape index (κ1) is 18.1. The second-order valence-corrected chi connectivity index (χ2v) is 6.90. The average Bonchev–Trinajstić information content (AvgIpc) is 3.32. The number of nitrogens with one attached hydrogen (secondary N) is 2. The molecule has 1 amide bonds. The lowest BCUT2D eigenvalue weighted by Crippen LogP contribution is -2.24. The lowest BCUT2D eigenvalue weighted by atomic mass is 10.1. The standard InChI is InChI=1S/C22H22N2O4/c25-20(28-14-16-9-10-23-22(16)26)11-17-12-24-18-7-4-8-19(21(17)18)27-13-15-5-2-1-3-6-15/h1-8,12,16,24H,9-11,13-14H2,(H,23,26). The van der Waals surface area contributed by atoms with Gasteiger partial charge in [-0.25, -0.2) is 0 Å². The van der Waals surface area contributed by atoms with Gasteiger partial charge in [-0.05, 0) is 29.7 Å². The summed E-state index contributed by atoms with van der Waals surface area (Å²) in [4.78, 5) is 27.1. The van der Waals surface area contributed by atoms with Crippen LogP contribution in [0.15, 0.2) is 54.7 Å². The molecule has 1 atom stereocenters. The number of H-pyrrole nitrogens is 1. The molecular formula is C22H22N2O4. The Morgan fingerprint density at radius 3 is 2.75 bits per heavy atom. The first-order chi connectivity index (χ1) is 13.7. The Bertz CT molecular complexity index is 981. The van der Waals surface area contributed by atoms with Gasteiger partial charge in [0.05, 0.1) is 12.3 Å². The lowest BCUT2D eigenvalue weighted by Gasteiger charge is -2.10. The lowest BCUT2D eigenvalue weighted by molar-refractivity contribution is -0.145. The normalized spacial score (nSPS) is 16.1. The monoisotopic (exact) mass is 378 g/mol. The Morgan fingerprint density at radius 2 is 1.96 bits per heavy atom. The molecule has 1 unspecified atom stereocenters. The molecule has 2 aromatic carbocycles. The second kappa shape index (κ2) is 8.17. The highest BCUT2D eigenvalue weighted by Crippen LogP contribution is 2.30. The van der Waals surface area contributed by atoms with E-state index in [-0.39, 0.29) is 30.8 Å². The van der Waals surface area contributed by atoms with Crippen LogP contribution in [0.3, 0.4) is 0 Å². The average molecular weight is 378 g/mol. The summed E-state index contributed by atoms with van der Waals surface area (Å²) in [6, 6.07) is 15.7. The summed E-state index contributed by atoms with van der Waals surface area (Å²) < 4.78 is 11.3. The maximum atomic E-state index is 12.3. The molecule has 2 heterocycles. The predicted molar refractivity (Wildman–Crippen MR) is 105 cm³/mol. The van der Waals surface area contributed by atoms with Crippen molar-refractivity contribution in [3.8, 4) is 5.75 Å². The summed E-state index contributed by atoms with van der Waals surface area (Å²) in [6.07, 6.45) is 2.64. The van der Waals surface area contributed by atoms with Crippen LogP contribution in [-0.4, -0.2) is 30.0 Å². The van der Waals surface area contributed by atoms with E-state index in [4.69, 9.17) is 9.47 Å². The summed E-state index contributed by atoms with van der Waals surface area (Å²) in [5.41, 5.74) is 2.80. The van der Waals surface area contributed by atoms with Crippen LogP contribution in [0, 0.1) is 5.92 Å². The van der Waals surface area contributed by atoms with Gasteiger partial charge in [0.25, 0.3) is 0 Å². The third kappa shape index (κ3) is 4.01. The third-order valence-electron chi connectivity index (χ3n) is 4.93. The molecule has 0 radical (unpaired) electrons. The molecule has 0 spiro atoms. The van der Waals surface area contributed by atoms with Crippen LogP contribution in [0.1, 0.15) is 17.5 Å². The number of esters is 1. The Balaban J connectivity index is 1.45. The van der Waals surface area contributed by atoms with Crippen molar-refractivity contribution in [1.82, 2.24) is 10.3 Å². The highest BCUT2D eigenvalue weighted by Gasteiger charge is 2.25. The SMILES string of the molecule is O=C(Cc1c[nH]c2cccc(OCc3ccccc3)c12)OCC1CCNC1=O. The number of amides is 1. The van der Waals surface area contributed by atoms with E-state index in [2.05, 4.69) is 10.3 Å². The van der Waals surface area contributed by atoms with Crippen LogP contribution >= 0.6 is 0 Å². The van der Waals surface area contributed by atoms with Crippen LogP contribution in [0.25, 0.3) is 10.9 Å². The van der Waals surface area contributed by atoms with Gasteiger partial charge in [-0.3, -0.25) is 9.59 Å². The van der Waals surface area contributed by atoms with Crippen molar-refractivity contribution in [2.24, 2.45) is 5.92 Å². The highest BCUT2D eigenvalue weighted by molar-refractivity contribution is 5.92. The van der Waals surface area contributed by atoms with Gasteiger partial charge in [0.15, 0.2) is 0 Å². The maximum absolute atomic E-state index is 12.3. The highest BCUT2D eigenvalue weighted by atomic mass is 16.5. The van der Waals surface area contributed by atoms with Crippen LogP contribution < -0.4 is 10.1 Å². The zero-order chi connectivity index (χ0) is 19.3. The molecule has 0 aliphatic carbocycles. The van der Waals surface area contributed by atoms with E-state index >= 15 is 0 Å². The van der Waals surface area contributed by atoms with E-state index in [1.54, 1.807) is 0 Å². The first-order valence-corrected chi connectivity index (χ1v) is 9.40. The molecular weight excluding hydrogens is 356 g/mol. The smallest absolute Gasteiger partial charge is 0.310 e. The minimum Gasteiger partial charge on any atom is -0.488 e. The van der Waals surface area contributed by atoms with Gasteiger partial charge in [-0.2, -0.15) is 0 Å². The number of hydrogen-bond acceptors (Lipinski definition) is 4. The predicted octanol–water partition coefficient (Wildman–Crippen LogP) is 2.97. The van der Waals surface area contributed by atoms with Crippen LogP contribution in [0.2, 0.25) is 0 Å². The van der Waals surface area contributed by atoms with E-state index in [0.29, 0.717) is 19.6 Å². The molecule has 0 bridgehead atoms. The van der Waals surface area contributed by atoms with E-state index < -0.39 is 0 Å². The van der Waals surface area contributed by atoms with Gasteiger partial charge in [0.1, 0.15) is 19.0 Å². The van der Waals surface area contributed by atoms with Crippen molar-refractivity contribution < 1.29 is 19.1 Å². The fourth-order valence-electron chi connectivity index (χ4n) is 3.42. The second-order valence-electron chi connectivity index (χ2n) is 6.90. The minimum absolute atomic E-state index is 0.0449. The molecule has 4 rings (SSSR count). The van der Waals surface area contributed by atoms with Crippen molar-refractivity contribution in [2.45, 2.75) is 19.4 Å². The molecule has 1 fully saturated rings. The molecule has 144 valence electrons. The number of aromatic amines is 1. The molecule has 28 heavy (non-hydrogen) atoms. The molecule has 6 nitrogen and oxygen atoms in total. The Hall–Kier alpha value is -3.28. The van der Waals surface area contributed by atoms with E-state index in [0.717, 1.165) is 27.8 Å². The van der Waals surface area contributed by atoms with Crippen LogP contribution in [-0.2, 0) is 27.4 Å². The summed E-state index contributed by atoms with van der Waals surface area (Å²) >= 11 is 0. The number of fused-ring (bicyclic) bond motifs is 1. The molecule has 0 saturated carbocycles. The third-order valence-corrected chi connectivity index (χ3v) is 4.93. The molecule has 2 N–H and O–H groups in total. The number of hydrogen-bond donors (Lipinski definition) is 2. The zero-order valence-electron chi connectivity index (χ0n) is 15.4. The van der Waals surface area contributed by atoms with Crippen LogP contribution in [0.4, 0.5) is 0 Å². The minimum atomic E-state index is -0.349. The van der Waals surface area contributed by atoms with Gasteiger partial charge in [0.2, 0.25) is 5.91 Å². The van der Waals surface area contributed by atoms with E-state index in [1.165, 1.54) is 0 Å². The van der Waals surface area contributed by atoms with Crippen molar-refractivity contribution >= 4 is 22.8 Å². The molecule has 3 aromatic rings. The number of carbonyl (C=O) groups is 2. The number of aromatic nitrogens is 1. The summed E-state index contributed by atoms with van der Waals surface area (Å²) in [5, 5.41) is 3.63. The first-order valence-electron chi connectivity index (χ1n) is 9.40. The van der Waals surface area contributed by atoms with Gasteiger partial charge < -0.3 is 19.8 Å². The molecule has 1 aromatic heterocycles. The Kier molecular flexibility index (Phi) is 5.28. The number of ether oxygens (including phenoxy) is 2.